The summed E-state index contributed by atoms with van der Waals surface area (Å²) in [6, 6.07) is 1.33. The Morgan fingerprint density at radius 1 is 1.58 bits per heavy atom. The Bertz CT molecular complexity index is 278. The van der Waals surface area contributed by atoms with E-state index in [-0.39, 0.29) is 22.8 Å². The van der Waals surface area contributed by atoms with Crippen molar-refractivity contribution in [2.45, 2.75) is 12.3 Å². The van der Waals surface area contributed by atoms with Crippen LogP contribution in [0.15, 0.2) is 12.3 Å². The van der Waals surface area contributed by atoms with Crippen molar-refractivity contribution in [3.63, 3.8) is 0 Å². The van der Waals surface area contributed by atoms with Crippen molar-refractivity contribution in [2.75, 3.05) is 5.73 Å². The SMILES string of the molecule is Nc1ccnc(CCl)c1C(F)F. The zero-order chi connectivity index (χ0) is 9.14. The lowest BCUT2D eigenvalue weighted by atomic mass is 10.2. The maximum absolute atomic E-state index is 12.3. The topological polar surface area (TPSA) is 38.9 Å². The number of hydrogen-bond donors (Lipinski definition) is 1. The predicted molar refractivity (Wildman–Crippen MR) is 43.2 cm³/mol. The molecule has 1 aromatic heterocycles. The van der Waals surface area contributed by atoms with Crippen LogP contribution in [0.4, 0.5) is 14.5 Å². The second-order valence-corrected chi connectivity index (χ2v) is 2.46. The Morgan fingerprint density at radius 3 is 2.67 bits per heavy atom. The average Bonchev–Trinajstić information content (AvgIpc) is 2.03. The zero-order valence-electron chi connectivity index (χ0n) is 6.10. The first-order valence-electron chi connectivity index (χ1n) is 3.24. The van der Waals surface area contributed by atoms with E-state index in [2.05, 4.69) is 4.98 Å². The molecule has 2 N–H and O–H groups in total. The van der Waals surface area contributed by atoms with Crippen molar-refractivity contribution in [3.05, 3.63) is 23.5 Å². The molecule has 0 aliphatic carbocycles. The minimum absolute atomic E-state index is 0.0376. The molecule has 0 unspecified atom stereocenters. The number of alkyl halides is 3. The molecule has 0 spiro atoms. The quantitative estimate of drug-likeness (QED) is 0.731. The Morgan fingerprint density at radius 2 is 2.25 bits per heavy atom. The highest BCUT2D eigenvalue weighted by molar-refractivity contribution is 6.17. The number of hydrogen-bond acceptors (Lipinski definition) is 2. The molecule has 1 rings (SSSR count). The van der Waals surface area contributed by atoms with Gasteiger partial charge in [0.25, 0.3) is 6.43 Å². The highest BCUT2D eigenvalue weighted by Gasteiger charge is 2.16. The predicted octanol–water partition coefficient (Wildman–Crippen LogP) is 2.34. The van der Waals surface area contributed by atoms with Gasteiger partial charge in [-0.25, -0.2) is 8.78 Å². The molecule has 0 fully saturated rings. The van der Waals surface area contributed by atoms with E-state index >= 15 is 0 Å². The molecule has 0 amide bonds. The molecule has 1 heterocycles. The largest absolute Gasteiger partial charge is 0.398 e. The van der Waals surface area contributed by atoms with Crippen LogP contribution in [-0.4, -0.2) is 4.98 Å². The molecule has 0 bridgehead atoms. The molecule has 0 saturated carbocycles. The van der Waals surface area contributed by atoms with Gasteiger partial charge in [-0.15, -0.1) is 11.6 Å². The first-order valence-corrected chi connectivity index (χ1v) is 3.77. The molecule has 0 aromatic carbocycles. The smallest absolute Gasteiger partial charge is 0.267 e. The molecule has 66 valence electrons. The van der Waals surface area contributed by atoms with Crippen molar-refractivity contribution >= 4 is 17.3 Å². The van der Waals surface area contributed by atoms with E-state index in [0.29, 0.717) is 0 Å². The summed E-state index contributed by atoms with van der Waals surface area (Å²) in [5.41, 5.74) is 5.24. The molecular weight excluding hydrogens is 186 g/mol. The summed E-state index contributed by atoms with van der Waals surface area (Å²) >= 11 is 5.40. The Kier molecular flexibility index (Phi) is 2.81. The van der Waals surface area contributed by atoms with Crippen LogP contribution in [0, 0.1) is 0 Å². The zero-order valence-corrected chi connectivity index (χ0v) is 6.85. The number of aromatic nitrogens is 1. The summed E-state index contributed by atoms with van der Waals surface area (Å²) in [4.78, 5) is 3.69. The third-order valence-electron chi connectivity index (χ3n) is 1.45. The molecular formula is C7H7ClF2N2. The molecule has 2 nitrogen and oxygen atoms in total. The summed E-state index contributed by atoms with van der Waals surface area (Å²) in [7, 11) is 0. The minimum Gasteiger partial charge on any atom is -0.398 e. The standard InChI is InChI=1S/C7H7ClF2N2/c8-3-5-6(7(9)10)4(11)1-2-12-5/h1-2,7H,3H2,(H2,11,12). The van der Waals surface area contributed by atoms with Crippen LogP contribution in [0.3, 0.4) is 0 Å². The van der Waals surface area contributed by atoms with Crippen LogP contribution in [0.2, 0.25) is 0 Å². The van der Waals surface area contributed by atoms with Crippen molar-refractivity contribution in [3.8, 4) is 0 Å². The van der Waals surface area contributed by atoms with Crippen LogP contribution in [0.5, 0.6) is 0 Å². The summed E-state index contributed by atoms with van der Waals surface area (Å²) in [6.07, 6.45) is -1.26. The molecule has 0 aliphatic heterocycles. The van der Waals surface area contributed by atoms with Gasteiger partial charge in [0.2, 0.25) is 0 Å². The van der Waals surface area contributed by atoms with Gasteiger partial charge in [-0.05, 0) is 6.07 Å². The highest BCUT2D eigenvalue weighted by Crippen LogP contribution is 2.27. The number of anilines is 1. The number of nitrogens with two attached hydrogens (primary N) is 1. The summed E-state index contributed by atoms with van der Waals surface area (Å²) in [5.74, 6) is -0.0509. The Balaban J connectivity index is 3.20. The summed E-state index contributed by atoms with van der Waals surface area (Å²) in [5, 5.41) is 0. The van der Waals surface area contributed by atoms with Gasteiger partial charge >= 0.3 is 0 Å². The molecule has 12 heavy (non-hydrogen) atoms. The van der Waals surface area contributed by atoms with Gasteiger partial charge in [0.15, 0.2) is 0 Å². The lowest BCUT2D eigenvalue weighted by molar-refractivity contribution is 0.151. The van der Waals surface area contributed by atoms with Gasteiger partial charge in [0, 0.05) is 11.9 Å². The van der Waals surface area contributed by atoms with Crippen LogP contribution >= 0.6 is 11.6 Å². The average molecular weight is 193 g/mol. The van der Waals surface area contributed by atoms with Crippen LogP contribution in [-0.2, 0) is 5.88 Å². The van der Waals surface area contributed by atoms with Crippen LogP contribution in [0.1, 0.15) is 17.7 Å². The number of halogens is 3. The van der Waals surface area contributed by atoms with E-state index in [1.165, 1.54) is 12.3 Å². The van der Waals surface area contributed by atoms with E-state index < -0.39 is 6.43 Å². The number of nitrogens with zero attached hydrogens (tertiary/aromatic N) is 1. The number of nitrogen functional groups attached to an aromatic ring is 1. The second kappa shape index (κ2) is 3.67. The van der Waals surface area contributed by atoms with E-state index in [0.717, 1.165) is 0 Å². The fourth-order valence-corrected chi connectivity index (χ4v) is 1.10. The highest BCUT2D eigenvalue weighted by atomic mass is 35.5. The van der Waals surface area contributed by atoms with Gasteiger partial charge < -0.3 is 5.73 Å². The van der Waals surface area contributed by atoms with E-state index in [9.17, 15) is 8.78 Å². The third-order valence-corrected chi connectivity index (χ3v) is 1.70. The Hall–Kier alpha value is -0.900. The minimum atomic E-state index is -2.62. The van der Waals surface area contributed by atoms with E-state index in [1.807, 2.05) is 0 Å². The third kappa shape index (κ3) is 1.64. The van der Waals surface area contributed by atoms with Crippen LogP contribution < -0.4 is 5.73 Å². The summed E-state index contributed by atoms with van der Waals surface area (Å²) < 4.78 is 24.6. The summed E-state index contributed by atoms with van der Waals surface area (Å²) in [6.45, 7) is 0. The maximum atomic E-state index is 12.3. The van der Waals surface area contributed by atoms with Gasteiger partial charge in [0.05, 0.1) is 17.1 Å². The van der Waals surface area contributed by atoms with Crippen LogP contribution in [0.25, 0.3) is 0 Å². The lowest BCUT2D eigenvalue weighted by Gasteiger charge is -2.07. The number of rotatable bonds is 2. The lowest BCUT2D eigenvalue weighted by Crippen LogP contribution is -2.01. The van der Waals surface area contributed by atoms with Crippen molar-refractivity contribution in [1.29, 1.82) is 0 Å². The maximum Gasteiger partial charge on any atom is 0.267 e. The first kappa shape index (κ1) is 9.19. The second-order valence-electron chi connectivity index (χ2n) is 2.19. The van der Waals surface area contributed by atoms with E-state index in [4.69, 9.17) is 17.3 Å². The Labute approximate surface area is 73.4 Å². The monoisotopic (exact) mass is 192 g/mol. The van der Waals surface area contributed by atoms with E-state index in [1.54, 1.807) is 0 Å². The fraction of sp³-hybridized carbons (Fsp3) is 0.286. The van der Waals surface area contributed by atoms with Gasteiger partial charge in [-0.1, -0.05) is 0 Å². The van der Waals surface area contributed by atoms with Gasteiger partial charge in [-0.2, -0.15) is 0 Å². The first-order chi connectivity index (χ1) is 5.66. The van der Waals surface area contributed by atoms with Crippen molar-refractivity contribution in [2.24, 2.45) is 0 Å². The molecule has 5 heteroatoms. The molecule has 1 aromatic rings. The number of pyridine rings is 1. The molecule has 0 aliphatic rings. The molecule has 0 saturated heterocycles. The normalized spacial score (nSPS) is 10.7. The molecule has 0 radical (unpaired) electrons. The van der Waals surface area contributed by atoms with Gasteiger partial charge in [0.1, 0.15) is 0 Å². The van der Waals surface area contributed by atoms with Crippen molar-refractivity contribution < 1.29 is 8.78 Å². The fourth-order valence-electron chi connectivity index (χ4n) is 0.892. The van der Waals surface area contributed by atoms with Crippen molar-refractivity contribution in [1.82, 2.24) is 4.98 Å². The van der Waals surface area contributed by atoms with Gasteiger partial charge in [-0.3, -0.25) is 4.98 Å². The molecule has 0 atom stereocenters.